The van der Waals surface area contributed by atoms with E-state index in [1.165, 1.54) is 12.1 Å². The lowest BCUT2D eigenvalue weighted by molar-refractivity contribution is 0.468. The van der Waals surface area contributed by atoms with Crippen LogP contribution >= 0.6 is 0 Å². The minimum absolute atomic E-state index is 0.0344. The normalized spacial score (nSPS) is 18.1. The maximum Gasteiger partial charge on any atom is 0.123 e. The average molecular weight is 229 g/mol. The smallest absolute Gasteiger partial charge is 0.123 e. The van der Waals surface area contributed by atoms with E-state index in [9.17, 15) is 9.50 Å². The fourth-order valence-corrected chi connectivity index (χ4v) is 2.35. The first-order valence-corrected chi connectivity index (χ1v) is 5.55. The Labute approximate surface area is 98.7 Å². The highest BCUT2D eigenvalue weighted by molar-refractivity contribution is 5.47. The van der Waals surface area contributed by atoms with Crippen molar-refractivity contribution in [1.29, 1.82) is 0 Å². The molecule has 0 amide bonds. The highest BCUT2D eigenvalue weighted by Crippen LogP contribution is 2.35. The van der Waals surface area contributed by atoms with E-state index in [-0.39, 0.29) is 11.9 Å². The fraction of sp³-hybridized carbons (Fsp3) is 0.143. The topological polar surface area (TPSA) is 32.3 Å². The molecule has 0 aliphatic carbocycles. The zero-order chi connectivity index (χ0) is 11.8. The Balaban J connectivity index is 2.07. The summed E-state index contributed by atoms with van der Waals surface area (Å²) in [7, 11) is 0. The summed E-state index contributed by atoms with van der Waals surface area (Å²) in [6, 6.07) is 12.0. The van der Waals surface area contributed by atoms with E-state index in [2.05, 4.69) is 5.32 Å². The summed E-state index contributed by atoms with van der Waals surface area (Å²) in [6.45, 7) is 0.614. The van der Waals surface area contributed by atoms with Gasteiger partial charge in [0.05, 0.1) is 6.04 Å². The Morgan fingerprint density at radius 1 is 1.18 bits per heavy atom. The first kappa shape index (κ1) is 10.3. The number of aromatic hydroxyl groups is 1. The molecule has 2 nitrogen and oxygen atoms in total. The van der Waals surface area contributed by atoms with Crippen molar-refractivity contribution in [2.75, 3.05) is 0 Å². The molecule has 1 atom stereocenters. The van der Waals surface area contributed by atoms with E-state index in [0.717, 1.165) is 16.7 Å². The Kier molecular flexibility index (Phi) is 2.34. The van der Waals surface area contributed by atoms with Crippen molar-refractivity contribution in [3.8, 4) is 5.75 Å². The predicted octanol–water partition coefficient (Wildman–Crippen LogP) is 2.72. The Morgan fingerprint density at radius 2 is 2.00 bits per heavy atom. The van der Waals surface area contributed by atoms with Gasteiger partial charge in [-0.15, -0.1) is 0 Å². The van der Waals surface area contributed by atoms with Crippen molar-refractivity contribution in [1.82, 2.24) is 5.32 Å². The molecule has 1 heterocycles. The first-order chi connectivity index (χ1) is 8.25. The van der Waals surface area contributed by atoms with Crippen LogP contribution in [0.15, 0.2) is 42.5 Å². The largest absolute Gasteiger partial charge is 0.508 e. The van der Waals surface area contributed by atoms with Gasteiger partial charge in [0.15, 0.2) is 0 Å². The van der Waals surface area contributed by atoms with Gasteiger partial charge in [-0.05, 0) is 29.3 Å². The summed E-state index contributed by atoms with van der Waals surface area (Å²) in [5.74, 6) is 0.0619. The maximum absolute atomic E-state index is 13.2. The third-order valence-electron chi connectivity index (χ3n) is 3.16. The minimum atomic E-state index is -0.238. The molecule has 0 spiro atoms. The molecule has 1 aliphatic rings. The van der Waals surface area contributed by atoms with Crippen LogP contribution in [-0.2, 0) is 6.54 Å². The number of fused-ring (bicyclic) bond motifs is 1. The van der Waals surface area contributed by atoms with Crippen LogP contribution in [0.2, 0.25) is 0 Å². The lowest BCUT2D eigenvalue weighted by Gasteiger charge is -2.12. The quantitative estimate of drug-likeness (QED) is 0.788. The number of phenols is 1. The molecule has 1 aliphatic heterocycles. The number of phenolic OH excluding ortho intramolecular Hbond substituents is 1. The van der Waals surface area contributed by atoms with E-state index in [1.807, 2.05) is 18.2 Å². The molecule has 2 N–H and O–H groups in total. The van der Waals surface area contributed by atoms with Gasteiger partial charge < -0.3 is 10.4 Å². The van der Waals surface area contributed by atoms with Crippen LogP contribution < -0.4 is 5.32 Å². The lowest BCUT2D eigenvalue weighted by atomic mass is 9.98. The summed E-state index contributed by atoms with van der Waals surface area (Å²) < 4.78 is 13.2. The molecule has 2 aromatic rings. The zero-order valence-corrected chi connectivity index (χ0v) is 9.15. The average Bonchev–Trinajstić information content (AvgIpc) is 2.74. The second kappa shape index (κ2) is 3.86. The van der Waals surface area contributed by atoms with Gasteiger partial charge >= 0.3 is 0 Å². The van der Waals surface area contributed by atoms with Gasteiger partial charge in [0.2, 0.25) is 0 Å². The van der Waals surface area contributed by atoms with Gasteiger partial charge in [0.1, 0.15) is 11.6 Å². The molecular weight excluding hydrogens is 217 g/mol. The van der Waals surface area contributed by atoms with Crippen LogP contribution in [0.1, 0.15) is 22.7 Å². The van der Waals surface area contributed by atoms with E-state index < -0.39 is 0 Å². The summed E-state index contributed by atoms with van der Waals surface area (Å²) >= 11 is 0. The highest BCUT2D eigenvalue weighted by atomic mass is 19.1. The van der Waals surface area contributed by atoms with E-state index >= 15 is 0 Å². The molecule has 0 bridgehead atoms. The number of halogens is 1. The Bertz CT molecular complexity index is 568. The number of hydrogen-bond acceptors (Lipinski definition) is 2. The monoisotopic (exact) mass is 229 g/mol. The van der Waals surface area contributed by atoms with Crippen LogP contribution in [0.5, 0.6) is 5.75 Å². The predicted molar refractivity (Wildman–Crippen MR) is 63.2 cm³/mol. The van der Waals surface area contributed by atoms with Gasteiger partial charge in [-0.25, -0.2) is 4.39 Å². The van der Waals surface area contributed by atoms with Gasteiger partial charge in [0.25, 0.3) is 0 Å². The van der Waals surface area contributed by atoms with Gasteiger partial charge in [-0.2, -0.15) is 0 Å². The van der Waals surface area contributed by atoms with Gasteiger partial charge in [0, 0.05) is 12.1 Å². The van der Waals surface area contributed by atoms with Crippen LogP contribution in [0.4, 0.5) is 4.39 Å². The highest BCUT2D eigenvalue weighted by Gasteiger charge is 2.25. The zero-order valence-electron chi connectivity index (χ0n) is 9.15. The number of rotatable bonds is 1. The van der Waals surface area contributed by atoms with E-state index in [1.54, 1.807) is 12.1 Å². The minimum Gasteiger partial charge on any atom is -0.508 e. The number of nitrogens with one attached hydrogen (secondary N) is 1. The molecule has 17 heavy (non-hydrogen) atoms. The van der Waals surface area contributed by atoms with Crippen molar-refractivity contribution in [3.63, 3.8) is 0 Å². The molecule has 0 aromatic heterocycles. The Hall–Kier alpha value is -1.87. The van der Waals surface area contributed by atoms with Crippen molar-refractivity contribution in [3.05, 3.63) is 65.0 Å². The molecule has 86 valence electrons. The van der Waals surface area contributed by atoms with Crippen molar-refractivity contribution >= 4 is 0 Å². The van der Waals surface area contributed by atoms with Crippen molar-refractivity contribution < 1.29 is 9.50 Å². The number of hydrogen-bond donors (Lipinski definition) is 2. The van der Waals surface area contributed by atoms with E-state index in [0.29, 0.717) is 12.3 Å². The van der Waals surface area contributed by atoms with Crippen LogP contribution in [0.25, 0.3) is 0 Å². The summed E-state index contributed by atoms with van der Waals surface area (Å²) in [5, 5.41) is 13.0. The second-order valence-corrected chi connectivity index (χ2v) is 4.21. The van der Waals surface area contributed by atoms with Crippen LogP contribution in [-0.4, -0.2) is 5.11 Å². The SMILES string of the molecule is Oc1cccc2c1CNC2c1cccc(F)c1. The third-order valence-corrected chi connectivity index (χ3v) is 3.16. The van der Waals surface area contributed by atoms with Gasteiger partial charge in [-0.1, -0.05) is 24.3 Å². The molecule has 0 radical (unpaired) electrons. The summed E-state index contributed by atoms with van der Waals surface area (Å²) in [6.07, 6.45) is 0. The molecule has 0 fully saturated rings. The third kappa shape index (κ3) is 1.68. The lowest BCUT2D eigenvalue weighted by Crippen LogP contribution is -2.13. The molecular formula is C14H12FNO. The van der Waals surface area contributed by atoms with E-state index in [4.69, 9.17) is 0 Å². The standard InChI is InChI=1S/C14H12FNO/c15-10-4-1-3-9(7-10)14-11-5-2-6-13(17)12(11)8-16-14/h1-7,14,16-17H,8H2. The molecule has 0 saturated carbocycles. The van der Waals surface area contributed by atoms with Crippen molar-refractivity contribution in [2.24, 2.45) is 0 Å². The first-order valence-electron chi connectivity index (χ1n) is 5.55. The molecule has 3 rings (SSSR count). The Morgan fingerprint density at radius 3 is 2.82 bits per heavy atom. The van der Waals surface area contributed by atoms with Gasteiger partial charge in [-0.3, -0.25) is 0 Å². The summed E-state index contributed by atoms with van der Waals surface area (Å²) in [4.78, 5) is 0. The molecule has 1 unspecified atom stereocenters. The van der Waals surface area contributed by atoms with Crippen LogP contribution in [0.3, 0.4) is 0 Å². The van der Waals surface area contributed by atoms with Crippen LogP contribution in [0, 0.1) is 5.82 Å². The fourth-order valence-electron chi connectivity index (χ4n) is 2.35. The second-order valence-electron chi connectivity index (χ2n) is 4.21. The molecule has 0 saturated heterocycles. The molecule has 2 aromatic carbocycles. The number of benzene rings is 2. The summed E-state index contributed by atoms with van der Waals surface area (Å²) in [5.41, 5.74) is 2.81. The molecule has 3 heteroatoms. The van der Waals surface area contributed by atoms with Crippen molar-refractivity contribution in [2.45, 2.75) is 12.6 Å². The maximum atomic E-state index is 13.2.